The standard InChI is InChI=1S/C24H29N5O8S2/c1-4-12-10-38-20-16(27-18(30)15(28-35-5-2)14-11-39-23(25)26-14)19(31)29(20)17(12)22(33)37-24(34-3)36-21(32)13-8-6-7-9-13/h4,11,13,16,20,24H,1,5-10H2,2-3H3,(H2,25,26)(H,27,30)/t16?,20-,24?/m1/s1. The van der Waals surface area contributed by atoms with Crippen LogP contribution >= 0.6 is 23.1 Å². The van der Waals surface area contributed by atoms with E-state index in [1.165, 1.54) is 29.8 Å². The van der Waals surface area contributed by atoms with Gasteiger partial charge in [-0.2, -0.15) is 0 Å². The lowest BCUT2D eigenvalue weighted by molar-refractivity contribution is -0.258. The first-order valence-corrected chi connectivity index (χ1v) is 14.2. The number of esters is 2. The molecule has 3 atom stereocenters. The normalized spacial score (nSPS) is 22.1. The Bertz CT molecular complexity index is 1210. The number of hydrogen-bond donors (Lipinski definition) is 2. The second-order valence-electron chi connectivity index (χ2n) is 8.72. The van der Waals surface area contributed by atoms with Crippen LogP contribution in [-0.2, 0) is 38.2 Å². The molecule has 1 aromatic heterocycles. The van der Waals surface area contributed by atoms with Gasteiger partial charge in [0.1, 0.15) is 29.4 Å². The number of fused-ring (bicyclic) bond motifs is 1. The van der Waals surface area contributed by atoms with Crippen LogP contribution in [0.2, 0.25) is 0 Å². The number of carbonyl (C=O) groups excluding carboxylic acids is 4. The zero-order valence-electron chi connectivity index (χ0n) is 21.4. The lowest BCUT2D eigenvalue weighted by atomic mass is 10.0. The van der Waals surface area contributed by atoms with Crippen molar-refractivity contribution in [1.82, 2.24) is 15.2 Å². The summed E-state index contributed by atoms with van der Waals surface area (Å²) in [7, 11) is 1.24. The number of nitrogens with one attached hydrogen (secondary N) is 1. The van der Waals surface area contributed by atoms with Crippen molar-refractivity contribution in [3.8, 4) is 0 Å². The molecule has 1 aliphatic carbocycles. The average molecular weight is 580 g/mol. The van der Waals surface area contributed by atoms with Crippen molar-refractivity contribution in [2.45, 2.75) is 50.5 Å². The highest BCUT2D eigenvalue weighted by atomic mass is 32.2. The summed E-state index contributed by atoms with van der Waals surface area (Å²) in [5.41, 5.74) is 6.16. The molecular weight excluding hydrogens is 550 g/mol. The number of allylic oxidation sites excluding steroid dienone is 1. The fourth-order valence-electron chi connectivity index (χ4n) is 4.34. The van der Waals surface area contributed by atoms with Gasteiger partial charge < -0.3 is 30.1 Å². The van der Waals surface area contributed by atoms with Crippen LogP contribution in [0.3, 0.4) is 0 Å². The molecule has 2 amide bonds. The minimum absolute atomic E-state index is 0.0568. The molecule has 0 bridgehead atoms. The van der Waals surface area contributed by atoms with Gasteiger partial charge in [-0.05, 0) is 25.3 Å². The van der Waals surface area contributed by atoms with E-state index in [0.717, 1.165) is 24.2 Å². The van der Waals surface area contributed by atoms with Gasteiger partial charge in [0, 0.05) is 18.2 Å². The second-order valence-corrected chi connectivity index (χ2v) is 10.7. The molecule has 1 aromatic rings. The highest BCUT2D eigenvalue weighted by molar-refractivity contribution is 8.00. The second kappa shape index (κ2) is 12.6. The maximum atomic E-state index is 13.2. The quantitative estimate of drug-likeness (QED) is 0.128. The number of β-lactam (4-membered cyclic amide) rings is 1. The summed E-state index contributed by atoms with van der Waals surface area (Å²) in [6.45, 7) is 4.07. The Morgan fingerprint density at radius 3 is 2.69 bits per heavy atom. The van der Waals surface area contributed by atoms with Gasteiger partial charge in [0.25, 0.3) is 11.8 Å². The molecule has 3 N–H and O–H groups in total. The van der Waals surface area contributed by atoms with Gasteiger partial charge >= 0.3 is 18.4 Å². The Hall–Kier alpha value is -3.43. The maximum Gasteiger partial charge on any atom is 0.365 e. The van der Waals surface area contributed by atoms with Crippen molar-refractivity contribution < 1.29 is 38.2 Å². The van der Waals surface area contributed by atoms with Crippen molar-refractivity contribution in [1.29, 1.82) is 0 Å². The number of methoxy groups -OCH3 is 1. The van der Waals surface area contributed by atoms with Crippen LogP contribution in [0, 0.1) is 5.92 Å². The summed E-state index contributed by atoms with van der Waals surface area (Å²) in [5.74, 6) is -2.60. The zero-order valence-corrected chi connectivity index (χ0v) is 23.0. The Labute approximate surface area is 232 Å². The average Bonchev–Trinajstić information content (AvgIpc) is 3.63. The smallest absolute Gasteiger partial charge is 0.365 e. The molecule has 3 aliphatic rings. The molecule has 2 fully saturated rings. The third kappa shape index (κ3) is 6.09. The fraction of sp³-hybridized carbons (Fsp3) is 0.500. The number of oxime groups is 1. The summed E-state index contributed by atoms with van der Waals surface area (Å²) in [6, 6.07) is -0.960. The number of amides is 2. The zero-order chi connectivity index (χ0) is 28.1. The Morgan fingerprint density at radius 1 is 1.33 bits per heavy atom. The first-order chi connectivity index (χ1) is 18.8. The topological polar surface area (TPSA) is 172 Å². The van der Waals surface area contributed by atoms with Gasteiger partial charge in [-0.15, -0.1) is 23.1 Å². The number of carbonyl (C=O) groups is 4. The molecule has 13 nitrogen and oxygen atoms in total. The van der Waals surface area contributed by atoms with Crippen LogP contribution in [0.4, 0.5) is 5.13 Å². The van der Waals surface area contributed by atoms with Crippen molar-refractivity contribution in [3.63, 3.8) is 0 Å². The number of rotatable bonds is 11. The van der Waals surface area contributed by atoms with Gasteiger partial charge in [-0.1, -0.05) is 30.7 Å². The minimum atomic E-state index is -1.58. The van der Waals surface area contributed by atoms with Crippen LogP contribution in [0.1, 0.15) is 38.3 Å². The largest absolute Gasteiger partial charge is 0.400 e. The van der Waals surface area contributed by atoms with Crippen LogP contribution in [0.25, 0.3) is 0 Å². The van der Waals surface area contributed by atoms with Gasteiger partial charge in [0.2, 0.25) is 0 Å². The Morgan fingerprint density at radius 2 is 2.08 bits per heavy atom. The van der Waals surface area contributed by atoms with Crippen molar-refractivity contribution in [3.05, 3.63) is 35.0 Å². The van der Waals surface area contributed by atoms with E-state index in [4.69, 9.17) is 24.8 Å². The lowest BCUT2D eigenvalue weighted by Crippen LogP contribution is -2.71. The number of nitrogens with two attached hydrogens (primary N) is 1. The van der Waals surface area contributed by atoms with E-state index < -0.39 is 41.6 Å². The first-order valence-electron chi connectivity index (χ1n) is 12.3. The summed E-state index contributed by atoms with van der Waals surface area (Å²) in [6.07, 6.45) is 4.71. The first kappa shape index (κ1) is 28.6. The fourth-order valence-corrected chi connectivity index (χ4v) is 6.23. The molecule has 210 valence electrons. The van der Waals surface area contributed by atoms with E-state index in [0.29, 0.717) is 24.2 Å². The van der Waals surface area contributed by atoms with E-state index in [1.54, 1.807) is 12.3 Å². The predicted molar refractivity (Wildman–Crippen MR) is 142 cm³/mol. The van der Waals surface area contributed by atoms with Crippen LogP contribution in [0.15, 0.2) is 34.5 Å². The molecule has 4 rings (SSSR count). The summed E-state index contributed by atoms with van der Waals surface area (Å²) >= 11 is 2.46. The number of nitrogens with zero attached hydrogens (tertiary/aromatic N) is 3. The van der Waals surface area contributed by atoms with E-state index in [1.807, 2.05) is 0 Å². The van der Waals surface area contributed by atoms with Crippen LogP contribution < -0.4 is 11.1 Å². The highest BCUT2D eigenvalue weighted by Gasteiger charge is 2.54. The molecule has 0 aromatic carbocycles. The number of anilines is 1. The molecule has 39 heavy (non-hydrogen) atoms. The van der Waals surface area contributed by atoms with E-state index in [9.17, 15) is 19.2 Å². The van der Waals surface area contributed by atoms with Crippen LogP contribution in [0.5, 0.6) is 0 Å². The molecule has 0 spiro atoms. The summed E-state index contributed by atoms with van der Waals surface area (Å²) in [5, 5.41) is 7.67. The molecule has 2 aliphatic heterocycles. The number of thioether (sulfide) groups is 1. The number of thiazole rings is 1. The van der Waals surface area contributed by atoms with Crippen molar-refractivity contribution in [2.75, 3.05) is 25.2 Å². The number of nitrogen functional groups attached to an aromatic ring is 1. The monoisotopic (exact) mass is 579 g/mol. The van der Waals surface area contributed by atoms with E-state index in [2.05, 4.69) is 22.0 Å². The third-order valence-corrected chi connectivity index (χ3v) is 8.26. The minimum Gasteiger partial charge on any atom is -0.400 e. The van der Waals surface area contributed by atoms with Crippen molar-refractivity contribution in [2.24, 2.45) is 11.1 Å². The SMILES string of the molecule is C=CC1=C(C(=O)OC(OC)OC(=O)C2CCCC2)N2C(=O)C(NC(=O)C(=NOCC)c3csc(N)n3)[C@H]2SC1. The van der Waals surface area contributed by atoms with E-state index in [-0.39, 0.29) is 34.8 Å². The summed E-state index contributed by atoms with van der Waals surface area (Å²) < 4.78 is 15.6. The van der Waals surface area contributed by atoms with Crippen molar-refractivity contribution >= 4 is 57.7 Å². The molecule has 2 unspecified atom stereocenters. The molecule has 3 heterocycles. The van der Waals surface area contributed by atoms with Gasteiger partial charge in [0.15, 0.2) is 10.8 Å². The van der Waals surface area contributed by atoms with Gasteiger partial charge in [0.05, 0.1) is 5.92 Å². The Kier molecular flexibility index (Phi) is 9.24. The number of ether oxygens (including phenoxy) is 3. The lowest BCUT2D eigenvalue weighted by Gasteiger charge is -2.49. The van der Waals surface area contributed by atoms with Gasteiger partial charge in [-0.3, -0.25) is 19.3 Å². The molecule has 1 saturated carbocycles. The highest BCUT2D eigenvalue weighted by Crippen LogP contribution is 2.41. The third-order valence-electron chi connectivity index (χ3n) is 6.29. The molecule has 15 heteroatoms. The number of hydrogen-bond acceptors (Lipinski definition) is 13. The molecule has 0 radical (unpaired) electrons. The number of aromatic nitrogens is 1. The Balaban J connectivity index is 1.46. The molecule has 1 saturated heterocycles. The van der Waals surface area contributed by atoms with Gasteiger partial charge in [-0.25, -0.2) is 9.78 Å². The van der Waals surface area contributed by atoms with E-state index >= 15 is 0 Å². The molecular formula is C24H29N5O8S2. The summed E-state index contributed by atoms with van der Waals surface area (Å²) in [4.78, 5) is 62.2. The predicted octanol–water partition coefficient (Wildman–Crippen LogP) is 1.51. The van der Waals surface area contributed by atoms with Crippen LogP contribution in [-0.4, -0.2) is 76.7 Å². The maximum absolute atomic E-state index is 13.2.